The normalized spacial score (nSPS) is 17.7. The molecular formula is C25H29FN4O. The first-order valence-corrected chi connectivity index (χ1v) is 11.2. The number of fused-ring (bicyclic) bond motifs is 3. The van der Waals surface area contributed by atoms with Crippen molar-refractivity contribution in [2.45, 2.75) is 19.3 Å². The van der Waals surface area contributed by atoms with Crippen molar-refractivity contribution in [2.75, 3.05) is 44.2 Å². The van der Waals surface area contributed by atoms with Crippen LogP contribution in [0.5, 0.6) is 0 Å². The molecule has 2 aromatic carbocycles. The summed E-state index contributed by atoms with van der Waals surface area (Å²) in [6.07, 6.45) is 2.92. The van der Waals surface area contributed by atoms with E-state index in [0.717, 1.165) is 56.7 Å². The zero-order valence-corrected chi connectivity index (χ0v) is 18.0. The Balaban J connectivity index is 1.29. The van der Waals surface area contributed by atoms with Gasteiger partial charge in [-0.1, -0.05) is 18.2 Å². The maximum atomic E-state index is 13.1. The van der Waals surface area contributed by atoms with Gasteiger partial charge in [0.2, 0.25) is 5.91 Å². The molecule has 1 amide bonds. The molecule has 1 N–H and O–H groups in total. The number of hydrogen-bond acceptors (Lipinski definition) is 3. The fraction of sp³-hybridized carbons (Fsp3) is 0.400. The lowest BCUT2D eigenvalue weighted by molar-refractivity contribution is -0.121. The van der Waals surface area contributed by atoms with Crippen LogP contribution in [-0.4, -0.2) is 54.6 Å². The summed E-state index contributed by atoms with van der Waals surface area (Å²) in [6, 6.07) is 13.1. The lowest BCUT2D eigenvalue weighted by Gasteiger charge is -2.34. The van der Waals surface area contributed by atoms with Gasteiger partial charge in [0, 0.05) is 56.4 Å². The Morgan fingerprint density at radius 2 is 1.84 bits per heavy atom. The first-order chi connectivity index (χ1) is 15.1. The van der Waals surface area contributed by atoms with Crippen LogP contribution < -0.4 is 10.2 Å². The van der Waals surface area contributed by atoms with Crippen molar-refractivity contribution in [1.29, 1.82) is 0 Å². The molecule has 0 spiro atoms. The number of aromatic nitrogens is 1. The maximum Gasteiger partial charge on any atom is 0.241 e. The topological polar surface area (TPSA) is 40.5 Å². The number of hydrogen-bond donors (Lipinski definition) is 1. The zero-order valence-electron chi connectivity index (χ0n) is 18.0. The van der Waals surface area contributed by atoms with Crippen LogP contribution in [0.1, 0.15) is 16.8 Å². The van der Waals surface area contributed by atoms with Crippen molar-refractivity contribution in [3.8, 4) is 0 Å². The van der Waals surface area contributed by atoms with Gasteiger partial charge in [-0.15, -0.1) is 0 Å². The third-order valence-electron chi connectivity index (χ3n) is 6.75. The molecule has 162 valence electrons. The number of nitrogens with one attached hydrogen (secondary N) is 1. The van der Waals surface area contributed by atoms with Crippen molar-refractivity contribution >= 4 is 22.5 Å². The number of nitrogens with zero attached hydrogens (tertiary/aromatic N) is 3. The average Bonchev–Trinajstić information content (AvgIpc) is 2.93. The van der Waals surface area contributed by atoms with Crippen molar-refractivity contribution in [3.63, 3.8) is 0 Å². The second-order valence-corrected chi connectivity index (χ2v) is 8.63. The molecule has 1 fully saturated rings. The summed E-state index contributed by atoms with van der Waals surface area (Å²) in [7, 11) is 2.14. The second-order valence-electron chi connectivity index (χ2n) is 8.63. The van der Waals surface area contributed by atoms with E-state index >= 15 is 0 Å². The Kier molecular flexibility index (Phi) is 5.50. The van der Waals surface area contributed by atoms with Crippen LogP contribution in [0.4, 0.5) is 10.1 Å². The van der Waals surface area contributed by atoms with E-state index < -0.39 is 0 Å². The summed E-state index contributed by atoms with van der Waals surface area (Å²) in [5, 5.41) is 4.80. The SMILES string of the molecule is Cn1c2c(c3ccc(N4CCN(CCc5ccc(F)cc5)CC4=O)cc31)CCNCC2. The molecule has 31 heavy (non-hydrogen) atoms. The minimum Gasteiger partial charge on any atom is -0.347 e. The van der Waals surface area contributed by atoms with Crippen LogP contribution in [0.3, 0.4) is 0 Å². The number of piperazine rings is 1. The quantitative estimate of drug-likeness (QED) is 0.706. The highest BCUT2D eigenvalue weighted by molar-refractivity contribution is 5.98. The molecule has 1 aromatic heterocycles. The highest BCUT2D eigenvalue weighted by Crippen LogP contribution is 2.31. The number of aryl methyl sites for hydroxylation is 1. The Morgan fingerprint density at radius 3 is 2.65 bits per heavy atom. The van der Waals surface area contributed by atoms with Crippen molar-refractivity contribution in [3.05, 3.63) is 65.1 Å². The summed E-state index contributed by atoms with van der Waals surface area (Å²) in [4.78, 5) is 17.1. The Morgan fingerprint density at radius 1 is 1.03 bits per heavy atom. The van der Waals surface area contributed by atoms with Gasteiger partial charge in [-0.2, -0.15) is 0 Å². The van der Waals surface area contributed by atoms with E-state index in [1.54, 1.807) is 0 Å². The fourth-order valence-corrected chi connectivity index (χ4v) is 4.99. The van der Waals surface area contributed by atoms with E-state index in [2.05, 4.69) is 40.0 Å². The predicted octanol–water partition coefficient (Wildman–Crippen LogP) is 2.90. The molecule has 2 aliphatic rings. The fourth-order valence-electron chi connectivity index (χ4n) is 4.99. The van der Waals surface area contributed by atoms with Gasteiger partial charge in [0.05, 0.1) is 12.1 Å². The number of rotatable bonds is 4. The Hall–Kier alpha value is -2.70. The standard InChI is InChI=1S/C25H29FN4O/c1-28-23-9-12-27-11-8-22(23)21-7-6-20(16-24(21)28)30-15-14-29(17-25(30)31)13-10-18-2-4-19(26)5-3-18/h2-7,16,27H,8-15,17H2,1H3. The molecule has 0 atom stereocenters. The summed E-state index contributed by atoms with van der Waals surface area (Å²) in [5.74, 6) is -0.0690. The number of amides is 1. The van der Waals surface area contributed by atoms with Crippen LogP contribution >= 0.6 is 0 Å². The van der Waals surface area contributed by atoms with Crippen LogP contribution in [0, 0.1) is 5.82 Å². The molecule has 0 saturated carbocycles. The highest BCUT2D eigenvalue weighted by Gasteiger charge is 2.26. The zero-order chi connectivity index (χ0) is 21.4. The molecule has 3 heterocycles. The van der Waals surface area contributed by atoms with E-state index in [4.69, 9.17) is 0 Å². The van der Waals surface area contributed by atoms with E-state index in [9.17, 15) is 9.18 Å². The van der Waals surface area contributed by atoms with E-state index in [1.807, 2.05) is 17.0 Å². The number of halogens is 1. The molecule has 0 aliphatic carbocycles. The summed E-state index contributed by atoms with van der Waals surface area (Å²) < 4.78 is 15.4. The minimum absolute atomic E-state index is 0.143. The van der Waals surface area contributed by atoms with Crippen LogP contribution in [0.25, 0.3) is 10.9 Å². The predicted molar refractivity (Wildman–Crippen MR) is 122 cm³/mol. The molecule has 0 bridgehead atoms. The third-order valence-corrected chi connectivity index (χ3v) is 6.75. The van der Waals surface area contributed by atoms with Gasteiger partial charge in [-0.25, -0.2) is 4.39 Å². The Bertz CT molecular complexity index is 1100. The van der Waals surface area contributed by atoms with Gasteiger partial charge in [0.25, 0.3) is 0 Å². The largest absolute Gasteiger partial charge is 0.347 e. The lowest BCUT2D eigenvalue weighted by atomic mass is 10.1. The average molecular weight is 421 g/mol. The minimum atomic E-state index is -0.212. The molecule has 0 radical (unpaired) electrons. The monoisotopic (exact) mass is 420 g/mol. The molecular weight excluding hydrogens is 391 g/mol. The van der Waals surface area contributed by atoms with Gasteiger partial charge in [-0.3, -0.25) is 9.69 Å². The van der Waals surface area contributed by atoms with E-state index in [1.165, 1.54) is 34.3 Å². The first-order valence-electron chi connectivity index (χ1n) is 11.2. The number of carbonyl (C=O) groups excluding carboxylic acids is 1. The number of benzene rings is 2. The molecule has 5 rings (SSSR count). The van der Waals surface area contributed by atoms with Gasteiger partial charge >= 0.3 is 0 Å². The van der Waals surface area contributed by atoms with Crippen LogP contribution in [0.2, 0.25) is 0 Å². The van der Waals surface area contributed by atoms with Gasteiger partial charge in [0.1, 0.15) is 5.82 Å². The Labute approximate surface area is 182 Å². The number of anilines is 1. The van der Waals surface area contributed by atoms with Crippen molar-refractivity contribution < 1.29 is 9.18 Å². The molecule has 0 unspecified atom stereocenters. The molecule has 1 saturated heterocycles. The molecule has 3 aromatic rings. The van der Waals surface area contributed by atoms with Crippen molar-refractivity contribution in [2.24, 2.45) is 7.05 Å². The summed E-state index contributed by atoms with van der Waals surface area (Å²) in [5.41, 5.74) is 6.17. The smallest absolute Gasteiger partial charge is 0.241 e. The molecule has 5 nitrogen and oxygen atoms in total. The lowest BCUT2D eigenvalue weighted by Crippen LogP contribution is -2.50. The van der Waals surface area contributed by atoms with E-state index in [-0.39, 0.29) is 11.7 Å². The first kappa shape index (κ1) is 20.2. The van der Waals surface area contributed by atoms with Gasteiger partial charge in [0.15, 0.2) is 0 Å². The van der Waals surface area contributed by atoms with Crippen LogP contribution in [0.15, 0.2) is 42.5 Å². The van der Waals surface area contributed by atoms with Gasteiger partial charge in [-0.05, 0) is 54.8 Å². The molecule has 6 heteroatoms. The van der Waals surface area contributed by atoms with Gasteiger partial charge < -0.3 is 14.8 Å². The third kappa shape index (κ3) is 3.98. The maximum absolute atomic E-state index is 13.1. The number of carbonyl (C=O) groups is 1. The second kappa shape index (κ2) is 8.44. The highest BCUT2D eigenvalue weighted by atomic mass is 19.1. The van der Waals surface area contributed by atoms with E-state index in [0.29, 0.717) is 13.1 Å². The summed E-state index contributed by atoms with van der Waals surface area (Å²) >= 11 is 0. The summed E-state index contributed by atoms with van der Waals surface area (Å²) in [6.45, 7) is 4.81. The van der Waals surface area contributed by atoms with Crippen LogP contribution in [-0.2, 0) is 31.1 Å². The van der Waals surface area contributed by atoms with Crippen molar-refractivity contribution in [1.82, 2.24) is 14.8 Å². The molecule has 2 aliphatic heterocycles.